The number of aromatic nitrogens is 4. The quantitative estimate of drug-likeness (QED) is 0.711. The molecule has 4 rings (SSSR count). The van der Waals surface area contributed by atoms with Crippen LogP contribution in [0.15, 0.2) is 17.3 Å². The number of anilines is 2. The average Bonchev–Trinajstić information content (AvgIpc) is 3.08. The Labute approximate surface area is 178 Å². The number of aryl methyl sites for hydroxylation is 2. The largest absolute Gasteiger partial charge is 0.356 e. The third-order valence-corrected chi connectivity index (χ3v) is 8.25. The molecule has 30 heavy (non-hydrogen) atoms. The van der Waals surface area contributed by atoms with Gasteiger partial charge in [0.15, 0.2) is 0 Å². The van der Waals surface area contributed by atoms with Gasteiger partial charge >= 0.3 is 0 Å². The van der Waals surface area contributed by atoms with Gasteiger partial charge in [0.1, 0.15) is 22.9 Å². The highest BCUT2D eigenvalue weighted by Gasteiger charge is 2.33. The van der Waals surface area contributed by atoms with E-state index in [0.717, 1.165) is 24.7 Å². The summed E-state index contributed by atoms with van der Waals surface area (Å²) in [7, 11) is -3.56. The van der Waals surface area contributed by atoms with Crippen LogP contribution < -0.4 is 9.80 Å². The second-order valence-corrected chi connectivity index (χ2v) is 9.86. The Hall–Kier alpha value is -2.20. The minimum atomic E-state index is -3.56. The molecule has 0 atom stereocenters. The van der Waals surface area contributed by atoms with Crippen LogP contribution in [0.4, 0.5) is 11.6 Å². The van der Waals surface area contributed by atoms with E-state index in [9.17, 15) is 8.42 Å². The third kappa shape index (κ3) is 3.90. The Bertz CT molecular complexity index is 991. The van der Waals surface area contributed by atoms with E-state index in [1.165, 1.54) is 19.3 Å². The molecule has 2 aliphatic heterocycles. The first-order valence-electron chi connectivity index (χ1n) is 10.8. The number of piperazine rings is 1. The van der Waals surface area contributed by atoms with Crippen molar-refractivity contribution in [1.82, 2.24) is 24.1 Å². The van der Waals surface area contributed by atoms with Gasteiger partial charge in [0, 0.05) is 51.9 Å². The molecule has 0 bridgehead atoms. The zero-order valence-electron chi connectivity index (χ0n) is 18.1. The maximum absolute atomic E-state index is 13.3. The fourth-order valence-electron chi connectivity index (χ4n) is 4.45. The van der Waals surface area contributed by atoms with Gasteiger partial charge < -0.3 is 9.80 Å². The van der Waals surface area contributed by atoms with Crippen LogP contribution in [0.5, 0.6) is 0 Å². The number of hydrogen-bond acceptors (Lipinski definition) is 7. The van der Waals surface area contributed by atoms with E-state index in [4.69, 9.17) is 0 Å². The van der Waals surface area contributed by atoms with Crippen LogP contribution in [-0.4, -0.2) is 71.7 Å². The Morgan fingerprint density at radius 2 is 1.50 bits per heavy atom. The topological polar surface area (TPSA) is 87.5 Å². The molecule has 0 saturated carbocycles. The molecule has 0 aliphatic carbocycles. The summed E-state index contributed by atoms with van der Waals surface area (Å²) in [6, 6.07) is 2.04. The van der Waals surface area contributed by atoms with E-state index >= 15 is 0 Å². The normalized spacial score (nSPS) is 18.8. The first kappa shape index (κ1) is 21.0. The summed E-state index contributed by atoms with van der Waals surface area (Å²) in [5.74, 6) is 1.83. The number of sulfonamides is 1. The van der Waals surface area contributed by atoms with Crippen molar-refractivity contribution in [1.29, 1.82) is 0 Å². The average molecular weight is 434 g/mol. The van der Waals surface area contributed by atoms with Gasteiger partial charge in [0.25, 0.3) is 0 Å². The lowest BCUT2D eigenvalue weighted by Crippen LogP contribution is -2.49. The molecule has 2 saturated heterocycles. The third-order valence-electron chi connectivity index (χ3n) is 6.09. The fraction of sp³-hybridized carbons (Fsp3) is 0.650. The van der Waals surface area contributed by atoms with Crippen molar-refractivity contribution >= 4 is 21.7 Å². The SMILES string of the molecule is CCn1nc(C)c(S(=O)(=O)N2CCN(c3cc(N4CCCCC4)ncn3)CC2)c1C. The number of rotatable bonds is 5. The summed E-state index contributed by atoms with van der Waals surface area (Å²) in [5, 5.41) is 4.39. The van der Waals surface area contributed by atoms with E-state index in [1.54, 1.807) is 22.2 Å². The van der Waals surface area contributed by atoms with Crippen LogP contribution in [0.1, 0.15) is 37.6 Å². The molecule has 9 nitrogen and oxygen atoms in total. The van der Waals surface area contributed by atoms with Gasteiger partial charge in [-0.3, -0.25) is 4.68 Å². The molecule has 2 aliphatic rings. The van der Waals surface area contributed by atoms with E-state index in [1.807, 2.05) is 19.9 Å². The summed E-state index contributed by atoms with van der Waals surface area (Å²) in [6.45, 7) is 10.4. The molecular formula is C20H31N7O2S. The van der Waals surface area contributed by atoms with Gasteiger partial charge in [0.05, 0.1) is 11.4 Å². The minimum Gasteiger partial charge on any atom is -0.356 e. The van der Waals surface area contributed by atoms with E-state index in [0.29, 0.717) is 49.0 Å². The van der Waals surface area contributed by atoms with E-state index < -0.39 is 10.0 Å². The molecule has 0 radical (unpaired) electrons. The van der Waals surface area contributed by atoms with Crippen molar-refractivity contribution in [3.8, 4) is 0 Å². The fourth-order valence-corrected chi connectivity index (χ4v) is 6.25. The highest BCUT2D eigenvalue weighted by molar-refractivity contribution is 7.89. The smallest absolute Gasteiger partial charge is 0.246 e. The van der Waals surface area contributed by atoms with E-state index in [-0.39, 0.29) is 0 Å². The predicted octanol–water partition coefficient (Wildman–Crippen LogP) is 1.81. The maximum atomic E-state index is 13.3. The van der Waals surface area contributed by atoms with Crippen molar-refractivity contribution in [3.63, 3.8) is 0 Å². The molecule has 2 aromatic heterocycles. The van der Waals surface area contributed by atoms with Crippen molar-refractivity contribution in [2.24, 2.45) is 0 Å². The Kier molecular flexibility index (Phi) is 5.97. The first-order valence-corrected chi connectivity index (χ1v) is 12.2. The lowest BCUT2D eigenvalue weighted by Gasteiger charge is -2.35. The molecular weight excluding hydrogens is 402 g/mol. The molecule has 164 valence electrons. The molecule has 2 aromatic rings. The molecule has 2 fully saturated rings. The van der Waals surface area contributed by atoms with Crippen LogP contribution in [-0.2, 0) is 16.6 Å². The number of piperidine rings is 1. The summed E-state index contributed by atoms with van der Waals surface area (Å²) in [5.41, 5.74) is 1.28. The summed E-state index contributed by atoms with van der Waals surface area (Å²) in [4.78, 5) is 13.7. The second-order valence-electron chi connectivity index (χ2n) is 7.99. The zero-order valence-corrected chi connectivity index (χ0v) is 18.9. The zero-order chi connectivity index (χ0) is 21.3. The lowest BCUT2D eigenvalue weighted by molar-refractivity contribution is 0.383. The van der Waals surface area contributed by atoms with Crippen molar-refractivity contribution in [2.75, 3.05) is 49.1 Å². The number of nitrogens with zero attached hydrogens (tertiary/aromatic N) is 7. The van der Waals surface area contributed by atoms with Crippen LogP contribution >= 0.6 is 0 Å². The molecule has 10 heteroatoms. The lowest BCUT2D eigenvalue weighted by atomic mass is 10.1. The van der Waals surface area contributed by atoms with Crippen molar-refractivity contribution in [2.45, 2.75) is 51.5 Å². The molecule has 0 amide bonds. The number of hydrogen-bond donors (Lipinski definition) is 0. The van der Waals surface area contributed by atoms with E-state index in [2.05, 4.69) is 24.9 Å². The van der Waals surface area contributed by atoms with Gasteiger partial charge in [-0.25, -0.2) is 18.4 Å². The van der Waals surface area contributed by atoms with Crippen LogP contribution in [0.25, 0.3) is 0 Å². The highest BCUT2D eigenvalue weighted by Crippen LogP contribution is 2.26. The molecule has 0 spiro atoms. The summed E-state index contributed by atoms with van der Waals surface area (Å²) >= 11 is 0. The standard InChI is InChI=1S/C20H31N7O2S/c1-4-27-17(3)20(16(2)23-27)30(28,29)26-12-10-25(11-13-26)19-14-18(21-15-22-19)24-8-6-5-7-9-24/h14-15H,4-13H2,1-3H3. The second kappa shape index (κ2) is 8.50. The van der Waals surface area contributed by atoms with Gasteiger partial charge in [-0.2, -0.15) is 9.40 Å². The summed E-state index contributed by atoms with van der Waals surface area (Å²) < 4.78 is 29.9. The Morgan fingerprint density at radius 3 is 2.07 bits per heavy atom. The van der Waals surface area contributed by atoms with Crippen molar-refractivity contribution in [3.05, 3.63) is 23.8 Å². The van der Waals surface area contributed by atoms with Crippen LogP contribution in [0, 0.1) is 13.8 Å². The summed E-state index contributed by atoms with van der Waals surface area (Å²) in [6.07, 6.45) is 5.29. The van der Waals surface area contributed by atoms with Crippen LogP contribution in [0.2, 0.25) is 0 Å². The molecule has 0 unspecified atom stereocenters. The van der Waals surface area contributed by atoms with Crippen molar-refractivity contribution < 1.29 is 8.42 Å². The van der Waals surface area contributed by atoms with Crippen LogP contribution in [0.3, 0.4) is 0 Å². The molecule has 0 aromatic carbocycles. The molecule has 4 heterocycles. The minimum absolute atomic E-state index is 0.354. The highest BCUT2D eigenvalue weighted by atomic mass is 32.2. The molecule has 0 N–H and O–H groups in total. The Morgan fingerprint density at radius 1 is 0.900 bits per heavy atom. The monoisotopic (exact) mass is 433 g/mol. The van der Waals surface area contributed by atoms with Gasteiger partial charge in [-0.15, -0.1) is 0 Å². The van der Waals surface area contributed by atoms with Gasteiger partial charge in [0.2, 0.25) is 10.0 Å². The predicted molar refractivity (Wildman–Crippen MR) is 116 cm³/mol. The Balaban J connectivity index is 1.47. The first-order chi connectivity index (χ1) is 14.4. The maximum Gasteiger partial charge on any atom is 0.246 e. The van der Waals surface area contributed by atoms with Gasteiger partial charge in [-0.05, 0) is 40.0 Å². The van der Waals surface area contributed by atoms with Gasteiger partial charge in [-0.1, -0.05) is 0 Å².